The number of rotatable bonds is 1. The normalized spacial score (nSPS) is 34.3. The zero-order chi connectivity index (χ0) is 10.3. The molecule has 0 amide bonds. The van der Waals surface area contributed by atoms with Crippen molar-refractivity contribution in [2.45, 2.75) is 50.6 Å². The molecule has 2 aliphatic heterocycles. The number of fused-ring (bicyclic) bond motifs is 2. The second kappa shape index (κ2) is 3.64. The van der Waals surface area contributed by atoms with Gasteiger partial charge in [0.15, 0.2) is 0 Å². The van der Waals surface area contributed by atoms with Crippen molar-refractivity contribution in [1.82, 2.24) is 5.32 Å². The maximum absolute atomic E-state index is 3.71. The van der Waals surface area contributed by atoms with Gasteiger partial charge in [0.2, 0.25) is 0 Å². The zero-order valence-corrected chi connectivity index (χ0v) is 9.37. The van der Waals surface area contributed by atoms with Crippen molar-refractivity contribution in [2.75, 3.05) is 0 Å². The van der Waals surface area contributed by atoms with E-state index in [0.29, 0.717) is 0 Å². The van der Waals surface area contributed by atoms with Crippen LogP contribution in [0, 0.1) is 6.92 Å². The van der Waals surface area contributed by atoms with E-state index in [4.69, 9.17) is 0 Å². The Hall–Kier alpha value is -0.820. The van der Waals surface area contributed by atoms with Gasteiger partial charge in [-0.25, -0.2) is 0 Å². The Balaban J connectivity index is 1.86. The lowest BCUT2D eigenvalue weighted by molar-refractivity contribution is 0.362. The van der Waals surface area contributed by atoms with Crippen LogP contribution in [0.25, 0.3) is 0 Å². The number of hydrogen-bond donors (Lipinski definition) is 1. The second-order valence-corrected chi connectivity index (χ2v) is 5.16. The van der Waals surface area contributed by atoms with Crippen LogP contribution in [0.15, 0.2) is 24.3 Å². The predicted octanol–water partition coefficient (Wildman–Crippen LogP) is 2.99. The van der Waals surface area contributed by atoms with Crippen molar-refractivity contribution < 1.29 is 0 Å². The highest BCUT2D eigenvalue weighted by atomic mass is 15.0. The molecular formula is C14H19N. The minimum atomic E-state index is 0.799. The molecule has 1 N–H and O–H groups in total. The molecule has 0 radical (unpaired) electrons. The highest BCUT2D eigenvalue weighted by Crippen LogP contribution is 2.38. The summed E-state index contributed by atoms with van der Waals surface area (Å²) in [5.41, 5.74) is 3.07. The molecule has 0 unspecified atom stereocenters. The van der Waals surface area contributed by atoms with Gasteiger partial charge in [-0.05, 0) is 49.7 Å². The highest BCUT2D eigenvalue weighted by Gasteiger charge is 2.34. The van der Waals surface area contributed by atoms with Crippen LogP contribution in [0.2, 0.25) is 0 Å². The van der Waals surface area contributed by atoms with Crippen LogP contribution < -0.4 is 5.32 Å². The Morgan fingerprint density at radius 1 is 1.07 bits per heavy atom. The molecule has 0 spiro atoms. The maximum atomic E-state index is 3.71. The fourth-order valence-electron chi connectivity index (χ4n) is 3.36. The average Bonchev–Trinajstić information content (AvgIpc) is 2.58. The molecule has 1 heteroatoms. The molecule has 1 nitrogen and oxygen atoms in total. The van der Waals surface area contributed by atoms with Crippen LogP contribution in [0.5, 0.6) is 0 Å². The second-order valence-electron chi connectivity index (χ2n) is 5.16. The van der Waals surface area contributed by atoms with Gasteiger partial charge >= 0.3 is 0 Å². The third kappa shape index (κ3) is 1.69. The standard InChI is InChI=1S/C14H19N/c1-10-4-2-3-5-14(10)11-8-12-6-7-13(9-11)15-12/h2-5,11-13,15H,6-9H2,1H3/t11-,12+,13-. The topological polar surface area (TPSA) is 12.0 Å². The lowest BCUT2D eigenvalue weighted by Crippen LogP contribution is -2.37. The molecule has 2 bridgehead atoms. The first kappa shape index (κ1) is 9.41. The minimum Gasteiger partial charge on any atom is -0.311 e. The number of benzene rings is 1. The van der Waals surface area contributed by atoms with E-state index in [1.54, 1.807) is 5.56 Å². The third-order valence-corrected chi connectivity index (χ3v) is 4.10. The monoisotopic (exact) mass is 201 g/mol. The highest BCUT2D eigenvalue weighted by molar-refractivity contribution is 5.30. The Morgan fingerprint density at radius 3 is 2.40 bits per heavy atom. The van der Waals surface area contributed by atoms with Gasteiger partial charge in [-0.15, -0.1) is 0 Å². The van der Waals surface area contributed by atoms with Crippen molar-refractivity contribution in [3.8, 4) is 0 Å². The number of hydrogen-bond acceptors (Lipinski definition) is 1. The quantitative estimate of drug-likeness (QED) is 0.736. The van der Waals surface area contributed by atoms with E-state index < -0.39 is 0 Å². The fourth-order valence-corrected chi connectivity index (χ4v) is 3.36. The molecule has 0 aromatic heterocycles. The van der Waals surface area contributed by atoms with Crippen molar-refractivity contribution in [3.63, 3.8) is 0 Å². The van der Waals surface area contributed by atoms with E-state index in [2.05, 4.69) is 36.5 Å². The van der Waals surface area contributed by atoms with Crippen molar-refractivity contribution in [3.05, 3.63) is 35.4 Å². The summed E-state index contributed by atoms with van der Waals surface area (Å²) in [6.07, 6.45) is 5.49. The Morgan fingerprint density at radius 2 is 1.73 bits per heavy atom. The van der Waals surface area contributed by atoms with Gasteiger partial charge in [0.25, 0.3) is 0 Å². The Labute approximate surface area is 91.9 Å². The SMILES string of the molecule is Cc1ccccc1[C@H]1C[C@H]2CC[C@@H](C1)N2. The molecule has 3 atom stereocenters. The first-order chi connectivity index (χ1) is 7.33. The van der Waals surface area contributed by atoms with Crippen LogP contribution >= 0.6 is 0 Å². The van der Waals surface area contributed by atoms with Crippen LogP contribution in [-0.2, 0) is 0 Å². The number of aryl methyl sites for hydroxylation is 1. The third-order valence-electron chi connectivity index (χ3n) is 4.10. The van der Waals surface area contributed by atoms with E-state index in [1.807, 2.05) is 0 Å². The maximum Gasteiger partial charge on any atom is 0.00760 e. The van der Waals surface area contributed by atoms with E-state index in [1.165, 1.54) is 31.2 Å². The smallest absolute Gasteiger partial charge is 0.00760 e. The molecule has 3 rings (SSSR count). The first-order valence-electron chi connectivity index (χ1n) is 6.14. The molecule has 1 aromatic rings. The molecular weight excluding hydrogens is 182 g/mol. The Bertz CT molecular complexity index is 346. The largest absolute Gasteiger partial charge is 0.311 e. The summed E-state index contributed by atoms with van der Waals surface area (Å²) < 4.78 is 0. The first-order valence-corrected chi connectivity index (χ1v) is 6.14. The molecule has 0 aliphatic carbocycles. The average molecular weight is 201 g/mol. The molecule has 2 fully saturated rings. The van der Waals surface area contributed by atoms with E-state index in [9.17, 15) is 0 Å². The summed E-state index contributed by atoms with van der Waals surface area (Å²) in [4.78, 5) is 0. The molecule has 0 saturated carbocycles. The zero-order valence-electron chi connectivity index (χ0n) is 9.37. The minimum absolute atomic E-state index is 0.799. The summed E-state index contributed by atoms with van der Waals surface area (Å²) in [6, 6.07) is 10.5. The summed E-state index contributed by atoms with van der Waals surface area (Å²) in [7, 11) is 0. The van der Waals surface area contributed by atoms with Gasteiger partial charge in [-0.1, -0.05) is 24.3 Å². The van der Waals surface area contributed by atoms with Crippen molar-refractivity contribution in [2.24, 2.45) is 0 Å². The molecule has 2 aliphatic rings. The van der Waals surface area contributed by atoms with Crippen LogP contribution in [0.3, 0.4) is 0 Å². The summed E-state index contributed by atoms with van der Waals surface area (Å²) in [5.74, 6) is 0.810. The Kier molecular flexibility index (Phi) is 2.28. The van der Waals surface area contributed by atoms with E-state index in [0.717, 1.165) is 18.0 Å². The molecule has 80 valence electrons. The van der Waals surface area contributed by atoms with E-state index in [-0.39, 0.29) is 0 Å². The summed E-state index contributed by atoms with van der Waals surface area (Å²) in [6.45, 7) is 2.25. The lowest BCUT2D eigenvalue weighted by Gasteiger charge is -2.30. The summed E-state index contributed by atoms with van der Waals surface area (Å²) >= 11 is 0. The van der Waals surface area contributed by atoms with Crippen LogP contribution in [-0.4, -0.2) is 12.1 Å². The molecule has 15 heavy (non-hydrogen) atoms. The van der Waals surface area contributed by atoms with Crippen molar-refractivity contribution in [1.29, 1.82) is 0 Å². The van der Waals surface area contributed by atoms with Gasteiger partial charge in [-0.3, -0.25) is 0 Å². The fraction of sp³-hybridized carbons (Fsp3) is 0.571. The van der Waals surface area contributed by atoms with E-state index >= 15 is 0 Å². The van der Waals surface area contributed by atoms with Gasteiger partial charge in [-0.2, -0.15) is 0 Å². The van der Waals surface area contributed by atoms with Crippen molar-refractivity contribution >= 4 is 0 Å². The van der Waals surface area contributed by atoms with Gasteiger partial charge in [0.05, 0.1) is 0 Å². The number of piperidine rings is 1. The molecule has 2 saturated heterocycles. The predicted molar refractivity (Wildman–Crippen MR) is 63.1 cm³/mol. The lowest BCUT2D eigenvalue weighted by atomic mass is 9.84. The van der Waals surface area contributed by atoms with Gasteiger partial charge in [0.1, 0.15) is 0 Å². The molecule has 1 aromatic carbocycles. The number of nitrogens with one attached hydrogen (secondary N) is 1. The van der Waals surface area contributed by atoms with Crippen LogP contribution in [0.4, 0.5) is 0 Å². The van der Waals surface area contributed by atoms with Gasteiger partial charge in [0, 0.05) is 12.1 Å². The molecule has 2 heterocycles. The van der Waals surface area contributed by atoms with Gasteiger partial charge < -0.3 is 5.32 Å². The van der Waals surface area contributed by atoms with Crippen LogP contribution in [0.1, 0.15) is 42.7 Å². The summed E-state index contributed by atoms with van der Waals surface area (Å²) in [5, 5.41) is 3.71.